The van der Waals surface area contributed by atoms with Crippen molar-refractivity contribution in [3.63, 3.8) is 0 Å². The van der Waals surface area contributed by atoms with Crippen molar-refractivity contribution in [3.8, 4) is 0 Å². The van der Waals surface area contributed by atoms with E-state index < -0.39 is 15.3 Å². The van der Waals surface area contributed by atoms with E-state index in [1.807, 2.05) is 0 Å². The molecule has 32 heavy (non-hydrogen) atoms. The Hall–Kier alpha value is -3.17. The van der Waals surface area contributed by atoms with Gasteiger partial charge in [-0.1, -0.05) is 32.1 Å². The summed E-state index contributed by atoms with van der Waals surface area (Å²) in [5.41, 5.74) is -0.970. The monoisotopic (exact) mass is 449 g/mol. The third kappa shape index (κ3) is 8.91. The molecule has 0 aliphatic heterocycles. The van der Waals surface area contributed by atoms with Crippen molar-refractivity contribution in [2.75, 3.05) is 6.54 Å². The molecular weight excluding hydrogens is 418 g/mol. The lowest BCUT2D eigenvalue weighted by molar-refractivity contribution is -0.394. The maximum Gasteiger partial charge on any atom is 0.279 e. The highest BCUT2D eigenvalue weighted by molar-refractivity contribution is 5.86. The number of amides is 1. The maximum absolute atomic E-state index is 12.2. The largest absolute Gasteiger partial charge is 0.356 e. The summed E-state index contributed by atoms with van der Waals surface area (Å²) in [4.78, 5) is 54.4. The van der Waals surface area contributed by atoms with E-state index in [1.54, 1.807) is 6.92 Å². The van der Waals surface area contributed by atoms with Crippen molar-refractivity contribution in [3.05, 3.63) is 44.0 Å². The van der Waals surface area contributed by atoms with Crippen LogP contribution in [0.4, 0.5) is 11.4 Å². The topological polar surface area (TPSA) is 150 Å². The smallest absolute Gasteiger partial charge is 0.279 e. The first-order valence-corrected chi connectivity index (χ1v) is 10.8. The van der Waals surface area contributed by atoms with Gasteiger partial charge >= 0.3 is 0 Å². The number of hydrogen-bond acceptors (Lipinski definition) is 7. The van der Waals surface area contributed by atoms with Crippen LogP contribution >= 0.6 is 0 Å². The molecule has 0 saturated heterocycles. The fraction of sp³-hybridized carbons (Fsp3) is 0.591. The minimum absolute atomic E-state index is 0.0145. The highest BCUT2D eigenvalue weighted by atomic mass is 16.6. The molecular formula is C22H31N3O7. The Bertz CT molecular complexity index is 801. The third-order valence-electron chi connectivity index (χ3n) is 5.50. The number of non-ortho nitro benzene ring substituents is 1. The van der Waals surface area contributed by atoms with Gasteiger partial charge in [0.1, 0.15) is 12.6 Å². The average Bonchev–Trinajstić information content (AvgIpc) is 2.74. The molecule has 0 aromatic heterocycles. The number of unbranched alkanes of at least 4 members (excludes halogenated alkanes) is 6. The number of hydrogen-bond donors (Lipinski definition) is 1. The summed E-state index contributed by atoms with van der Waals surface area (Å²) in [5.74, 6) is -0.281. The van der Waals surface area contributed by atoms with Crippen LogP contribution in [0.3, 0.4) is 0 Å². The first-order valence-electron chi connectivity index (χ1n) is 10.8. The van der Waals surface area contributed by atoms with Gasteiger partial charge in [-0.2, -0.15) is 0 Å². The van der Waals surface area contributed by atoms with Crippen LogP contribution in [-0.2, 0) is 20.8 Å². The van der Waals surface area contributed by atoms with E-state index in [1.165, 1.54) is 12.1 Å². The zero-order valence-corrected chi connectivity index (χ0v) is 18.4. The zero-order valence-electron chi connectivity index (χ0n) is 18.4. The number of nitrogens with zero attached hydrogens (tertiary/aromatic N) is 2. The summed E-state index contributed by atoms with van der Waals surface area (Å²) in [5, 5.41) is 24.7. The van der Waals surface area contributed by atoms with Gasteiger partial charge in [0.05, 0.1) is 21.3 Å². The van der Waals surface area contributed by atoms with Gasteiger partial charge < -0.3 is 14.9 Å². The lowest BCUT2D eigenvalue weighted by Crippen LogP contribution is -2.40. The van der Waals surface area contributed by atoms with Crippen molar-refractivity contribution >= 4 is 29.9 Å². The molecule has 0 atom stereocenters. The molecule has 0 saturated carbocycles. The van der Waals surface area contributed by atoms with Crippen molar-refractivity contribution in [1.29, 1.82) is 0 Å². The molecule has 1 amide bonds. The van der Waals surface area contributed by atoms with Gasteiger partial charge in [0.15, 0.2) is 0 Å². The van der Waals surface area contributed by atoms with Gasteiger partial charge in [-0.15, -0.1) is 0 Å². The first kappa shape index (κ1) is 26.9. The van der Waals surface area contributed by atoms with E-state index >= 15 is 0 Å². The predicted octanol–water partition coefficient (Wildman–Crippen LogP) is 4.08. The van der Waals surface area contributed by atoms with Gasteiger partial charge in [0.2, 0.25) is 5.91 Å². The first-order chi connectivity index (χ1) is 15.2. The number of benzene rings is 1. The van der Waals surface area contributed by atoms with Crippen LogP contribution in [0.25, 0.3) is 0 Å². The molecule has 1 aromatic carbocycles. The average molecular weight is 450 g/mol. The van der Waals surface area contributed by atoms with Crippen LogP contribution in [0.5, 0.6) is 0 Å². The summed E-state index contributed by atoms with van der Waals surface area (Å²) in [7, 11) is 0. The standard InChI is InChI=1S/C22H31N3O7/c1-22(12-15-26,13-16-27)21(28)23-14-8-6-4-2-3-5-7-9-18-10-11-19(24(29)30)17-20(18)25(31)32/h10-11,15-17H,2-9,12-14H2,1H3,(H,23,28). The highest BCUT2D eigenvalue weighted by Crippen LogP contribution is 2.26. The quantitative estimate of drug-likeness (QED) is 0.163. The molecule has 1 N–H and O–H groups in total. The molecule has 0 unspecified atom stereocenters. The molecule has 0 heterocycles. The number of aldehydes is 2. The van der Waals surface area contributed by atoms with Gasteiger partial charge in [-0.3, -0.25) is 25.0 Å². The number of nitro benzene ring substituents is 2. The van der Waals surface area contributed by atoms with E-state index in [9.17, 15) is 34.6 Å². The normalized spacial score (nSPS) is 11.0. The van der Waals surface area contributed by atoms with Crippen molar-refractivity contribution < 1.29 is 24.2 Å². The van der Waals surface area contributed by atoms with Crippen LogP contribution in [0, 0.1) is 25.6 Å². The third-order valence-corrected chi connectivity index (χ3v) is 5.50. The van der Waals surface area contributed by atoms with Crippen LogP contribution in [0.15, 0.2) is 18.2 Å². The number of nitro groups is 2. The predicted molar refractivity (Wildman–Crippen MR) is 118 cm³/mol. The van der Waals surface area contributed by atoms with Crippen LogP contribution in [0.1, 0.15) is 70.3 Å². The van der Waals surface area contributed by atoms with Crippen molar-refractivity contribution in [1.82, 2.24) is 5.32 Å². The summed E-state index contributed by atoms with van der Waals surface area (Å²) in [6.07, 6.45) is 8.22. The van der Waals surface area contributed by atoms with E-state index in [0.29, 0.717) is 31.1 Å². The lowest BCUT2D eigenvalue weighted by atomic mass is 9.83. The fourth-order valence-electron chi connectivity index (χ4n) is 3.42. The molecule has 0 fully saturated rings. The molecule has 176 valence electrons. The second kappa shape index (κ2) is 14.0. The zero-order chi connectivity index (χ0) is 24.0. The number of rotatable bonds is 17. The van der Waals surface area contributed by atoms with E-state index in [4.69, 9.17) is 0 Å². The lowest BCUT2D eigenvalue weighted by Gasteiger charge is -2.23. The molecule has 10 nitrogen and oxygen atoms in total. The number of aryl methyl sites for hydroxylation is 1. The maximum atomic E-state index is 12.2. The molecule has 1 aromatic rings. The Morgan fingerprint density at radius 3 is 2.03 bits per heavy atom. The highest BCUT2D eigenvalue weighted by Gasteiger charge is 2.32. The SMILES string of the molecule is CC(CC=O)(CC=O)C(=O)NCCCCCCCCCc1ccc([N+](=O)[O-])cc1[N+](=O)[O-]. The van der Waals surface area contributed by atoms with E-state index in [0.717, 1.165) is 51.0 Å². The van der Waals surface area contributed by atoms with Gasteiger partial charge in [-0.05, 0) is 32.3 Å². The van der Waals surface area contributed by atoms with Crippen LogP contribution in [0.2, 0.25) is 0 Å². The van der Waals surface area contributed by atoms with E-state index in [2.05, 4.69) is 5.32 Å². The van der Waals surface area contributed by atoms with Gasteiger partial charge in [0.25, 0.3) is 11.4 Å². The minimum atomic E-state index is -0.984. The summed E-state index contributed by atoms with van der Waals surface area (Å²) < 4.78 is 0. The Balaban J connectivity index is 2.22. The van der Waals surface area contributed by atoms with E-state index in [-0.39, 0.29) is 30.1 Å². The van der Waals surface area contributed by atoms with Crippen molar-refractivity contribution in [2.45, 2.75) is 71.1 Å². The second-order valence-corrected chi connectivity index (χ2v) is 8.11. The summed E-state index contributed by atoms with van der Waals surface area (Å²) >= 11 is 0. The molecule has 0 bridgehead atoms. The Kier molecular flexibility index (Phi) is 11.8. The summed E-state index contributed by atoms with van der Waals surface area (Å²) in [6.45, 7) is 2.10. The van der Waals surface area contributed by atoms with Crippen LogP contribution < -0.4 is 5.32 Å². The minimum Gasteiger partial charge on any atom is -0.356 e. The molecule has 1 rings (SSSR count). The van der Waals surface area contributed by atoms with Gasteiger partial charge in [0, 0.05) is 31.0 Å². The number of carbonyl (C=O) groups excluding carboxylic acids is 3. The van der Waals surface area contributed by atoms with Gasteiger partial charge in [-0.25, -0.2) is 0 Å². The Labute approximate surface area is 187 Å². The van der Waals surface area contributed by atoms with Crippen LogP contribution in [-0.4, -0.2) is 34.9 Å². The number of nitrogens with one attached hydrogen (secondary N) is 1. The Morgan fingerprint density at radius 1 is 0.938 bits per heavy atom. The van der Waals surface area contributed by atoms with Crippen molar-refractivity contribution in [2.24, 2.45) is 5.41 Å². The second-order valence-electron chi connectivity index (χ2n) is 8.11. The molecule has 0 spiro atoms. The molecule has 0 radical (unpaired) electrons. The Morgan fingerprint density at radius 2 is 1.50 bits per heavy atom. The fourth-order valence-corrected chi connectivity index (χ4v) is 3.42. The number of carbonyl (C=O) groups is 3. The molecule has 10 heteroatoms. The molecule has 0 aliphatic carbocycles. The molecule has 0 aliphatic rings. The summed E-state index contributed by atoms with van der Waals surface area (Å²) in [6, 6.07) is 3.76.